The first-order chi connectivity index (χ1) is 30.1. The first-order valence-electron chi connectivity index (χ1n) is 19.8. The molecule has 0 aliphatic rings. The van der Waals surface area contributed by atoms with E-state index in [0.29, 0.717) is 53.5 Å². The van der Waals surface area contributed by atoms with Gasteiger partial charge in [-0.3, -0.25) is 46.4 Å². The zero-order chi connectivity index (χ0) is 46.2. The first-order valence-corrected chi connectivity index (χ1v) is 19.8. The third-order valence-electron chi connectivity index (χ3n) is 8.73. The Morgan fingerprint density at radius 2 is 0.667 bits per heavy atom. The second-order valence-electron chi connectivity index (χ2n) is 13.8. The van der Waals surface area contributed by atoms with Gasteiger partial charge in [-0.2, -0.15) is 0 Å². The molecule has 0 heterocycles. The van der Waals surface area contributed by atoms with Crippen LogP contribution in [-0.4, -0.2) is 73.5 Å². The molecule has 0 radical (unpaired) electrons. The zero-order valence-corrected chi connectivity index (χ0v) is 36.1. The molecule has 0 aliphatic heterocycles. The summed E-state index contributed by atoms with van der Waals surface area (Å²) in [5, 5.41) is 26.3. The van der Waals surface area contributed by atoms with Crippen LogP contribution in [-0.2, 0) is 28.7 Å². The van der Waals surface area contributed by atoms with Gasteiger partial charge in [-0.1, -0.05) is 61.4 Å². The van der Waals surface area contributed by atoms with Crippen LogP contribution in [0.25, 0.3) is 0 Å². The second-order valence-corrected chi connectivity index (χ2v) is 13.8. The Morgan fingerprint density at radius 3 is 0.889 bits per heavy atom. The summed E-state index contributed by atoms with van der Waals surface area (Å²) < 4.78 is 16.7. The van der Waals surface area contributed by atoms with Gasteiger partial charge < -0.3 is 14.2 Å². The number of benzene rings is 3. The Kier molecular flexibility index (Phi) is 20.3. The van der Waals surface area contributed by atoms with E-state index in [1.54, 1.807) is 82.3 Å². The van der Waals surface area contributed by atoms with Crippen LogP contribution < -0.4 is 31.9 Å². The van der Waals surface area contributed by atoms with E-state index >= 15 is 0 Å². The van der Waals surface area contributed by atoms with Crippen molar-refractivity contribution in [2.75, 3.05) is 51.7 Å². The summed E-state index contributed by atoms with van der Waals surface area (Å²) in [5.41, 5.74) is 2.18. The Labute approximate surface area is 364 Å². The van der Waals surface area contributed by atoms with Crippen LogP contribution in [0.3, 0.4) is 0 Å². The summed E-state index contributed by atoms with van der Waals surface area (Å²) in [5.74, 6) is 0. The number of carbonyl (C=O) groups is 6. The van der Waals surface area contributed by atoms with E-state index in [0.717, 1.165) is 0 Å². The van der Waals surface area contributed by atoms with Crippen LogP contribution in [0.2, 0.25) is 0 Å². The third-order valence-corrected chi connectivity index (χ3v) is 8.73. The van der Waals surface area contributed by atoms with Crippen molar-refractivity contribution >= 4 is 87.8 Å². The first kappa shape index (κ1) is 49.7. The third kappa shape index (κ3) is 19.0. The fourth-order valence-corrected chi connectivity index (χ4v) is 4.55. The number of carbonyl (C=O) groups excluding carboxylic acids is 6. The Bertz CT molecular complexity index is 1920. The fraction of sp³-hybridized carbons (Fsp3) is 0.357. The standard InChI is InChI=1S/C42H53N9O12/c1-8-27(5)49-61-39(55)46-33-18-12-15-30(21-33)43-36(52)58-24-42(11-4,25-59-37(53)44-31-16-13-19-34(22-31)47-40(56)62-50-28(6)9-2)26-60-38(54)45-32-17-14-20-35(23-32)48-41(57)63-51-29(7)10-3/h12-23H,8-11,24-26H2,1-7H3,(H,43,52)(H,44,53)(H,45,54)(H,46,55)(H,47,56)(H,48,57)/b49-27-,50-28-,51-29-. The van der Waals surface area contributed by atoms with Crippen molar-refractivity contribution in [2.24, 2.45) is 20.9 Å². The van der Waals surface area contributed by atoms with Crippen LogP contribution in [0.5, 0.6) is 0 Å². The molecule has 0 spiro atoms. The summed E-state index contributed by atoms with van der Waals surface area (Å²) in [6.07, 6.45) is -3.29. The molecule has 0 saturated carbocycles. The fourth-order valence-electron chi connectivity index (χ4n) is 4.55. The lowest BCUT2D eigenvalue weighted by atomic mass is 9.88. The van der Waals surface area contributed by atoms with Crippen molar-refractivity contribution in [1.82, 2.24) is 0 Å². The van der Waals surface area contributed by atoms with Crippen LogP contribution in [0.1, 0.15) is 74.1 Å². The van der Waals surface area contributed by atoms with E-state index in [2.05, 4.69) is 47.4 Å². The van der Waals surface area contributed by atoms with Crippen molar-refractivity contribution in [1.29, 1.82) is 0 Å². The van der Waals surface area contributed by atoms with E-state index in [9.17, 15) is 28.8 Å². The minimum absolute atomic E-state index is 0.172. The number of hydrogen-bond donors (Lipinski definition) is 6. The summed E-state index contributed by atoms with van der Waals surface area (Å²) >= 11 is 0. The van der Waals surface area contributed by atoms with Gasteiger partial charge in [-0.15, -0.1) is 0 Å². The normalized spacial score (nSPS) is 11.6. The minimum atomic E-state index is -1.29. The Morgan fingerprint density at radius 1 is 0.429 bits per heavy atom. The lowest BCUT2D eigenvalue weighted by molar-refractivity contribution is -0.0104. The monoisotopic (exact) mass is 875 g/mol. The van der Waals surface area contributed by atoms with Crippen molar-refractivity contribution < 1.29 is 57.5 Å². The molecule has 3 aromatic rings. The number of anilines is 6. The number of amides is 6. The molecule has 0 bridgehead atoms. The van der Waals surface area contributed by atoms with Crippen LogP contribution >= 0.6 is 0 Å². The van der Waals surface area contributed by atoms with Gasteiger partial charge in [-0.05, 0) is 101 Å². The topological polar surface area (TPSA) is 267 Å². The van der Waals surface area contributed by atoms with E-state index in [4.69, 9.17) is 28.7 Å². The molecule has 0 atom stereocenters. The van der Waals surface area contributed by atoms with Gasteiger partial charge in [0.2, 0.25) is 0 Å². The van der Waals surface area contributed by atoms with Gasteiger partial charge >= 0.3 is 36.6 Å². The average molecular weight is 876 g/mol. The molecule has 0 aromatic heterocycles. The molecule has 0 aliphatic carbocycles. The molecule has 21 nitrogen and oxygen atoms in total. The van der Waals surface area contributed by atoms with Gasteiger partial charge in [0.25, 0.3) is 0 Å². The van der Waals surface area contributed by atoms with Crippen molar-refractivity contribution in [2.45, 2.75) is 74.1 Å². The van der Waals surface area contributed by atoms with Gasteiger partial charge in [0.05, 0.1) is 22.6 Å². The highest BCUT2D eigenvalue weighted by Crippen LogP contribution is 2.26. The summed E-state index contributed by atoms with van der Waals surface area (Å²) in [6, 6.07) is 18.4. The number of nitrogens with zero attached hydrogens (tertiary/aromatic N) is 3. The number of ether oxygens (including phenoxy) is 3. The Hall–Kier alpha value is -7.71. The van der Waals surface area contributed by atoms with E-state index in [-0.39, 0.29) is 23.5 Å². The SMILES string of the molecule is CC/C(C)=N\OC(=O)Nc1cccc(NC(=O)OCC(CC)(COC(=O)Nc2cccc(NC(=O)O/N=C(/C)CC)c2)COC(=O)Nc2cccc(NC(=O)O/N=C(/C)CC)c2)c1. The molecule has 3 aromatic carbocycles. The van der Waals surface area contributed by atoms with Crippen LogP contribution in [0, 0.1) is 5.41 Å². The van der Waals surface area contributed by atoms with E-state index in [1.807, 2.05) is 20.8 Å². The number of oxime groups is 3. The quantitative estimate of drug-likeness (QED) is 0.0284. The summed E-state index contributed by atoms with van der Waals surface area (Å²) in [4.78, 5) is 90.2. The molecule has 0 fully saturated rings. The highest BCUT2D eigenvalue weighted by Gasteiger charge is 2.34. The van der Waals surface area contributed by atoms with E-state index < -0.39 is 61.8 Å². The molecule has 6 amide bonds. The average Bonchev–Trinajstić information content (AvgIpc) is 3.26. The molecule has 0 unspecified atom stereocenters. The highest BCUT2D eigenvalue weighted by molar-refractivity contribution is 5.92. The maximum atomic E-state index is 13.1. The predicted octanol–water partition coefficient (Wildman–Crippen LogP) is 10.1. The second kappa shape index (κ2) is 25.8. The van der Waals surface area contributed by atoms with Gasteiger partial charge in [0.1, 0.15) is 19.8 Å². The maximum Gasteiger partial charge on any atom is 0.437 e. The zero-order valence-electron chi connectivity index (χ0n) is 36.1. The summed E-state index contributed by atoms with van der Waals surface area (Å²) in [7, 11) is 0. The van der Waals surface area contributed by atoms with Crippen molar-refractivity contribution in [3.05, 3.63) is 72.8 Å². The number of nitrogens with one attached hydrogen (secondary N) is 6. The molecule has 3 rings (SSSR count). The highest BCUT2D eigenvalue weighted by atomic mass is 16.7. The molecule has 0 saturated heterocycles. The van der Waals surface area contributed by atoms with Crippen molar-refractivity contribution in [3.63, 3.8) is 0 Å². The van der Waals surface area contributed by atoms with Crippen LogP contribution in [0.15, 0.2) is 88.3 Å². The molecule has 6 N–H and O–H groups in total. The number of rotatable bonds is 19. The Balaban J connectivity index is 1.71. The molecule has 63 heavy (non-hydrogen) atoms. The predicted molar refractivity (Wildman–Crippen MR) is 237 cm³/mol. The van der Waals surface area contributed by atoms with Gasteiger partial charge in [0.15, 0.2) is 0 Å². The molecule has 21 heteroatoms. The summed E-state index contributed by atoms with van der Waals surface area (Å²) in [6.45, 7) is 11.2. The smallest absolute Gasteiger partial charge is 0.437 e. The lowest BCUT2D eigenvalue weighted by Gasteiger charge is -2.31. The lowest BCUT2D eigenvalue weighted by Crippen LogP contribution is -2.40. The van der Waals surface area contributed by atoms with Crippen molar-refractivity contribution in [3.8, 4) is 0 Å². The van der Waals surface area contributed by atoms with E-state index in [1.165, 1.54) is 18.2 Å². The van der Waals surface area contributed by atoms with Gasteiger partial charge in [-0.25, -0.2) is 28.8 Å². The molecular weight excluding hydrogens is 823 g/mol. The largest absolute Gasteiger partial charge is 0.448 e. The number of hydrogen-bond acceptors (Lipinski definition) is 15. The van der Waals surface area contributed by atoms with Crippen LogP contribution in [0.4, 0.5) is 62.9 Å². The molecule has 338 valence electrons. The van der Waals surface area contributed by atoms with Gasteiger partial charge in [0, 0.05) is 34.1 Å². The maximum absolute atomic E-state index is 13.1. The minimum Gasteiger partial charge on any atom is -0.448 e. The molecular formula is C42H53N9O12.